The average Bonchev–Trinajstić information content (AvgIpc) is 2.91. The number of aliphatic hydroxyl groups excluding tert-OH is 1. The van der Waals surface area contributed by atoms with Gasteiger partial charge in [0.05, 0.1) is 17.2 Å². The van der Waals surface area contributed by atoms with Crippen LogP contribution in [0.1, 0.15) is 19.8 Å². The zero-order chi connectivity index (χ0) is 27.0. The van der Waals surface area contributed by atoms with Crippen LogP contribution in [0.4, 0.5) is 11.4 Å². The van der Waals surface area contributed by atoms with Gasteiger partial charge >= 0.3 is 0 Å². The minimum absolute atomic E-state index is 0.151. The van der Waals surface area contributed by atoms with E-state index in [0.29, 0.717) is 24.6 Å². The number of sulfonamides is 1. The molecule has 38 heavy (non-hydrogen) atoms. The van der Waals surface area contributed by atoms with Crippen molar-refractivity contribution in [2.45, 2.75) is 36.8 Å². The molecule has 0 saturated carbocycles. The summed E-state index contributed by atoms with van der Waals surface area (Å²) in [6, 6.07) is 22.2. The van der Waals surface area contributed by atoms with Crippen molar-refractivity contribution in [1.82, 2.24) is 5.32 Å². The molecule has 9 nitrogen and oxygen atoms in total. The highest BCUT2D eigenvalue weighted by Crippen LogP contribution is 2.28. The molecule has 4 rings (SSSR count). The number of benzene rings is 3. The van der Waals surface area contributed by atoms with Gasteiger partial charge in [0, 0.05) is 31.4 Å². The topological polar surface area (TPSA) is 112 Å². The standard InChI is InChI=1S/C28H35N3O6S/c1-2-3-17-37-31(38(34,35)28-7-5-4-6-8-28)24-11-9-23(10-12-24)30-19-22(20-30)29-18-26(33)21-36-27-15-13-25(32)14-16-27/h4-16,22,26,29,32-33H,2-3,17-21H2,1H3/t26-/m0/s1. The molecule has 0 amide bonds. The van der Waals surface area contributed by atoms with Gasteiger partial charge in [0.15, 0.2) is 0 Å². The molecule has 0 spiro atoms. The summed E-state index contributed by atoms with van der Waals surface area (Å²) >= 11 is 0. The Balaban J connectivity index is 1.28. The van der Waals surface area contributed by atoms with Crippen molar-refractivity contribution in [2.75, 3.05) is 42.2 Å². The molecule has 0 unspecified atom stereocenters. The number of aliphatic hydroxyl groups is 1. The summed E-state index contributed by atoms with van der Waals surface area (Å²) in [6.45, 7) is 4.41. The van der Waals surface area contributed by atoms with E-state index in [9.17, 15) is 18.6 Å². The van der Waals surface area contributed by atoms with Gasteiger partial charge in [-0.25, -0.2) is 0 Å². The first-order valence-corrected chi connectivity index (χ1v) is 14.2. The Labute approximate surface area is 224 Å². The summed E-state index contributed by atoms with van der Waals surface area (Å²) in [4.78, 5) is 8.08. The number of nitrogens with one attached hydrogen (secondary N) is 1. The molecule has 1 heterocycles. The monoisotopic (exact) mass is 541 g/mol. The van der Waals surface area contributed by atoms with Gasteiger partial charge in [-0.1, -0.05) is 31.5 Å². The fourth-order valence-electron chi connectivity index (χ4n) is 3.96. The lowest BCUT2D eigenvalue weighted by atomic mass is 10.1. The summed E-state index contributed by atoms with van der Waals surface area (Å²) in [5, 5.41) is 22.9. The maximum Gasteiger partial charge on any atom is 0.286 e. The number of phenols is 1. The van der Waals surface area contributed by atoms with Gasteiger partial charge in [0.25, 0.3) is 10.0 Å². The molecule has 3 aromatic carbocycles. The van der Waals surface area contributed by atoms with Crippen molar-refractivity contribution in [3.8, 4) is 11.5 Å². The van der Waals surface area contributed by atoms with Crippen LogP contribution in [0.3, 0.4) is 0 Å². The van der Waals surface area contributed by atoms with Crippen molar-refractivity contribution < 1.29 is 28.2 Å². The van der Waals surface area contributed by atoms with Crippen molar-refractivity contribution in [1.29, 1.82) is 0 Å². The highest BCUT2D eigenvalue weighted by molar-refractivity contribution is 7.92. The smallest absolute Gasteiger partial charge is 0.286 e. The lowest BCUT2D eigenvalue weighted by Gasteiger charge is -2.42. The van der Waals surface area contributed by atoms with Gasteiger partial charge in [0.2, 0.25) is 0 Å². The second kappa shape index (κ2) is 13.0. The maximum absolute atomic E-state index is 13.3. The van der Waals surface area contributed by atoms with Crippen LogP contribution >= 0.6 is 0 Å². The van der Waals surface area contributed by atoms with Crippen LogP contribution in [0.2, 0.25) is 0 Å². The summed E-state index contributed by atoms with van der Waals surface area (Å²) < 4.78 is 33.1. The van der Waals surface area contributed by atoms with Gasteiger partial charge < -0.3 is 25.2 Å². The molecule has 1 aliphatic rings. The zero-order valence-corrected chi connectivity index (χ0v) is 22.3. The molecule has 0 aliphatic carbocycles. The number of anilines is 2. The molecule has 1 fully saturated rings. The Morgan fingerprint density at radius 3 is 2.37 bits per heavy atom. The van der Waals surface area contributed by atoms with E-state index in [2.05, 4.69) is 10.2 Å². The lowest BCUT2D eigenvalue weighted by molar-refractivity contribution is 0.102. The number of rotatable bonds is 14. The summed E-state index contributed by atoms with van der Waals surface area (Å²) in [5.41, 5.74) is 1.43. The number of hydrogen-bond donors (Lipinski definition) is 3. The fraction of sp³-hybridized carbons (Fsp3) is 0.357. The molecule has 0 bridgehead atoms. The molecular weight excluding hydrogens is 506 g/mol. The third-order valence-electron chi connectivity index (χ3n) is 6.19. The van der Waals surface area contributed by atoms with Gasteiger partial charge in [0.1, 0.15) is 24.2 Å². The third-order valence-corrected chi connectivity index (χ3v) is 7.82. The Kier molecular flexibility index (Phi) is 9.46. The van der Waals surface area contributed by atoms with E-state index >= 15 is 0 Å². The second-order valence-electron chi connectivity index (χ2n) is 9.22. The Hall–Kier alpha value is -3.31. The number of hydrogen-bond acceptors (Lipinski definition) is 8. The van der Waals surface area contributed by atoms with Gasteiger partial charge in [-0.2, -0.15) is 8.42 Å². The molecule has 204 valence electrons. The highest BCUT2D eigenvalue weighted by atomic mass is 32.2. The van der Waals surface area contributed by atoms with Gasteiger partial charge in [-0.05, 0) is 67.1 Å². The van der Waals surface area contributed by atoms with E-state index in [0.717, 1.165) is 36.1 Å². The Morgan fingerprint density at radius 1 is 1.03 bits per heavy atom. The van der Waals surface area contributed by atoms with Gasteiger partial charge in [-0.15, -0.1) is 4.47 Å². The second-order valence-corrected chi connectivity index (χ2v) is 11.0. The molecule has 10 heteroatoms. The van der Waals surface area contributed by atoms with E-state index in [-0.39, 0.29) is 23.3 Å². The fourth-order valence-corrected chi connectivity index (χ4v) is 5.27. The summed E-state index contributed by atoms with van der Waals surface area (Å²) in [7, 11) is -3.87. The summed E-state index contributed by atoms with van der Waals surface area (Å²) in [5.74, 6) is 0.754. The first kappa shape index (κ1) is 27.7. The predicted molar refractivity (Wildman–Crippen MR) is 147 cm³/mol. The predicted octanol–water partition coefficient (Wildman–Crippen LogP) is 3.54. The number of unbranched alkanes of at least 4 members (excludes halogenated alkanes) is 1. The first-order valence-electron chi connectivity index (χ1n) is 12.8. The van der Waals surface area contributed by atoms with Crippen molar-refractivity contribution >= 4 is 21.4 Å². The van der Waals surface area contributed by atoms with Crippen LogP contribution in [0.5, 0.6) is 11.5 Å². The van der Waals surface area contributed by atoms with E-state index in [4.69, 9.17) is 9.57 Å². The number of phenolic OH excluding ortho intramolecular Hbond substituents is 1. The van der Waals surface area contributed by atoms with Crippen LogP contribution in [-0.2, 0) is 14.9 Å². The van der Waals surface area contributed by atoms with E-state index < -0.39 is 16.1 Å². The minimum atomic E-state index is -3.87. The van der Waals surface area contributed by atoms with Crippen LogP contribution in [-0.4, -0.2) is 63.6 Å². The third kappa shape index (κ3) is 7.16. The number of ether oxygens (including phenoxy) is 1. The quantitative estimate of drug-likeness (QED) is 0.210. The van der Waals surface area contributed by atoms with Crippen molar-refractivity contribution in [3.63, 3.8) is 0 Å². The van der Waals surface area contributed by atoms with Crippen molar-refractivity contribution in [2.24, 2.45) is 0 Å². The molecule has 3 N–H and O–H groups in total. The van der Waals surface area contributed by atoms with Crippen molar-refractivity contribution in [3.05, 3.63) is 78.9 Å². The number of aromatic hydroxyl groups is 1. The maximum atomic E-state index is 13.3. The highest BCUT2D eigenvalue weighted by Gasteiger charge is 2.29. The minimum Gasteiger partial charge on any atom is -0.508 e. The summed E-state index contributed by atoms with van der Waals surface area (Å²) in [6.07, 6.45) is 0.978. The molecule has 0 aromatic heterocycles. The molecule has 1 atom stereocenters. The molecule has 1 saturated heterocycles. The number of nitrogens with zero attached hydrogens (tertiary/aromatic N) is 2. The molecule has 1 aliphatic heterocycles. The van der Waals surface area contributed by atoms with E-state index in [1.807, 2.05) is 19.1 Å². The van der Waals surface area contributed by atoms with E-state index in [1.165, 1.54) is 12.1 Å². The molecule has 0 radical (unpaired) electrons. The average molecular weight is 542 g/mol. The van der Waals surface area contributed by atoms with Crippen LogP contribution in [0.15, 0.2) is 83.8 Å². The van der Waals surface area contributed by atoms with Crippen LogP contribution < -0.4 is 19.4 Å². The Morgan fingerprint density at radius 2 is 1.71 bits per heavy atom. The molecular formula is C28H35N3O6S. The zero-order valence-electron chi connectivity index (χ0n) is 21.4. The van der Waals surface area contributed by atoms with Crippen LogP contribution in [0.25, 0.3) is 0 Å². The Bertz CT molecular complexity index is 1230. The van der Waals surface area contributed by atoms with E-state index in [1.54, 1.807) is 54.6 Å². The largest absolute Gasteiger partial charge is 0.508 e. The van der Waals surface area contributed by atoms with Crippen LogP contribution in [0, 0.1) is 0 Å². The first-order chi connectivity index (χ1) is 18.4. The van der Waals surface area contributed by atoms with Gasteiger partial charge in [-0.3, -0.25) is 4.84 Å². The SMILES string of the molecule is CCCCON(c1ccc(N2CC(NC[C@H](O)COc3ccc(O)cc3)C2)cc1)S(=O)(=O)c1ccccc1. The molecule has 3 aromatic rings. The normalized spacial score (nSPS) is 14.6. The lowest BCUT2D eigenvalue weighted by Crippen LogP contribution is -2.59.